The lowest BCUT2D eigenvalue weighted by molar-refractivity contribution is 0.661. The zero-order chi connectivity index (χ0) is 45.3. The third-order valence-corrected chi connectivity index (χ3v) is 14.4. The summed E-state index contributed by atoms with van der Waals surface area (Å²) in [6.07, 6.45) is 0. The normalized spacial score (nSPS) is 12.7. The summed E-state index contributed by atoms with van der Waals surface area (Å²) in [4.78, 5) is 5.27. The Bertz CT molecular complexity index is 3920. The highest BCUT2D eigenvalue weighted by Gasteiger charge is 2.36. The molecule has 0 radical (unpaired) electrons. The highest BCUT2D eigenvalue weighted by molar-refractivity contribution is 6.25. The van der Waals surface area contributed by atoms with Gasteiger partial charge in [-0.1, -0.05) is 208 Å². The number of aromatic nitrogens is 2. The molecule has 2 heteroatoms. The lowest BCUT2D eigenvalue weighted by Gasteiger charge is -2.25. The third kappa shape index (κ3) is 6.29. The van der Waals surface area contributed by atoms with Gasteiger partial charge in [-0.15, -0.1) is 0 Å². The van der Waals surface area contributed by atoms with Crippen LogP contribution in [0.4, 0.5) is 0 Å². The maximum Gasteiger partial charge on any atom is 0.145 e. The zero-order valence-corrected chi connectivity index (χ0v) is 38.0. The first-order chi connectivity index (χ1) is 33.5. The van der Waals surface area contributed by atoms with Gasteiger partial charge in [0.15, 0.2) is 0 Å². The first-order valence-corrected chi connectivity index (χ1v) is 23.6. The Labute approximate surface area is 397 Å². The summed E-state index contributed by atoms with van der Waals surface area (Å²) in [7, 11) is 0. The van der Waals surface area contributed by atoms with Gasteiger partial charge in [-0.05, 0) is 148 Å². The molecule has 0 bridgehead atoms. The van der Waals surface area contributed by atoms with Gasteiger partial charge in [-0.3, -0.25) is 4.57 Å². The van der Waals surface area contributed by atoms with E-state index in [4.69, 9.17) is 4.98 Å². The van der Waals surface area contributed by atoms with Crippen molar-refractivity contribution >= 4 is 32.6 Å². The van der Waals surface area contributed by atoms with Crippen molar-refractivity contribution in [2.75, 3.05) is 0 Å². The van der Waals surface area contributed by atoms with Crippen molar-refractivity contribution in [2.45, 2.75) is 19.3 Å². The Kier molecular flexibility index (Phi) is 9.23. The molecule has 0 aliphatic heterocycles. The van der Waals surface area contributed by atoms with E-state index in [2.05, 4.69) is 261 Å². The lowest BCUT2D eigenvalue weighted by atomic mass is 9.78. The predicted molar refractivity (Wildman–Crippen MR) is 286 cm³/mol. The molecule has 1 aliphatic rings. The van der Waals surface area contributed by atoms with E-state index in [1.165, 1.54) is 88.3 Å². The fraction of sp³-hybridized carbons (Fsp3) is 0.0455. The zero-order valence-electron chi connectivity index (χ0n) is 38.0. The van der Waals surface area contributed by atoms with E-state index in [1.54, 1.807) is 0 Å². The molecule has 68 heavy (non-hydrogen) atoms. The molecule has 13 rings (SSSR count). The van der Waals surface area contributed by atoms with E-state index >= 15 is 0 Å². The summed E-state index contributed by atoms with van der Waals surface area (Å²) in [6, 6.07) is 89.0. The molecule has 1 aliphatic carbocycles. The van der Waals surface area contributed by atoms with Gasteiger partial charge in [0.25, 0.3) is 0 Å². The first-order valence-electron chi connectivity index (χ1n) is 23.6. The summed E-state index contributed by atoms with van der Waals surface area (Å²) in [5.41, 5.74) is 21.4. The van der Waals surface area contributed by atoms with Gasteiger partial charge in [0.2, 0.25) is 0 Å². The third-order valence-electron chi connectivity index (χ3n) is 14.4. The molecule has 0 amide bonds. The molecule has 11 aromatic carbocycles. The van der Waals surface area contributed by atoms with Crippen molar-refractivity contribution in [1.82, 2.24) is 9.55 Å². The van der Waals surface area contributed by atoms with Crippen molar-refractivity contribution in [3.63, 3.8) is 0 Å². The molecule has 12 aromatic rings. The van der Waals surface area contributed by atoms with Crippen LogP contribution in [0.1, 0.15) is 25.0 Å². The van der Waals surface area contributed by atoms with E-state index in [1.807, 2.05) is 0 Å². The standard InChI is InChI=1S/C66H46N2/c1-66(2)59-34-17-16-31-51(59)55-41-57-58(42-60(55)66)64(53-33-15-13-30-50(53)44-23-8-4-9-24-44)56-40-46(37-38-54(56)63(57)52-32-14-12-29-49(52)43-21-6-3-7-22-43)45-25-20-26-47(39-45)65-67-61-35-18-19-36-62(61)68(65)48-27-10-5-11-28-48/h3-42H,1-2H3. The van der Waals surface area contributed by atoms with Crippen LogP contribution in [0.3, 0.4) is 0 Å². The Morgan fingerprint density at radius 1 is 0.324 bits per heavy atom. The second-order valence-electron chi connectivity index (χ2n) is 18.6. The smallest absolute Gasteiger partial charge is 0.145 e. The average Bonchev–Trinajstić information content (AvgIpc) is 3.90. The number of hydrogen-bond acceptors (Lipinski definition) is 1. The number of para-hydroxylation sites is 3. The second kappa shape index (κ2) is 15.8. The Balaban J connectivity index is 1.14. The average molecular weight is 867 g/mol. The van der Waals surface area contributed by atoms with Crippen LogP contribution in [-0.2, 0) is 5.41 Å². The fourth-order valence-electron chi connectivity index (χ4n) is 11.2. The summed E-state index contributed by atoms with van der Waals surface area (Å²) < 4.78 is 2.29. The topological polar surface area (TPSA) is 17.8 Å². The number of hydrogen-bond donors (Lipinski definition) is 0. The fourth-order valence-corrected chi connectivity index (χ4v) is 11.2. The summed E-state index contributed by atoms with van der Waals surface area (Å²) in [6.45, 7) is 4.79. The summed E-state index contributed by atoms with van der Waals surface area (Å²) in [5.74, 6) is 0.917. The van der Waals surface area contributed by atoms with Gasteiger partial charge in [-0.25, -0.2) is 4.98 Å². The molecule has 1 aromatic heterocycles. The molecule has 0 unspecified atom stereocenters. The monoisotopic (exact) mass is 866 g/mol. The van der Waals surface area contributed by atoms with Crippen LogP contribution in [0.5, 0.6) is 0 Å². The first kappa shape index (κ1) is 39.7. The van der Waals surface area contributed by atoms with Crippen molar-refractivity contribution in [2.24, 2.45) is 0 Å². The van der Waals surface area contributed by atoms with Gasteiger partial charge in [0, 0.05) is 16.7 Å². The highest BCUT2D eigenvalue weighted by atomic mass is 15.1. The molecule has 0 N–H and O–H groups in total. The molecule has 0 spiro atoms. The maximum atomic E-state index is 5.27. The van der Waals surface area contributed by atoms with Crippen LogP contribution in [0, 0.1) is 0 Å². The van der Waals surface area contributed by atoms with E-state index in [-0.39, 0.29) is 5.41 Å². The largest absolute Gasteiger partial charge is 0.292 e. The van der Waals surface area contributed by atoms with Gasteiger partial charge >= 0.3 is 0 Å². The number of fused-ring (bicyclic) bond motifs is 6. The Morgan fingerprint density at radius 3 is 1.51 bits per heavy atom. The molecular formula is C66H46N2. The van der Waals surface area contributed by atoms with E-state index < -0.39 is 0 Å². The minimum atomic E-state index is -0.189. The van der Waals surface area contributed by atoms with E-state index in [9.17, 15) is 0 Å². The molecule has 320 valence electrons. The highest BCUT2D eigenvalue weighted by Crippen LogP contribution is 2.55. The number of benzene rings is 11. The number of rotatable bonds is 7. The van der Waals surface area contributed by atoms with Crippen LogP contribution in [-0.4, -0.2) is 9.55 Å². The Hall–Kier alpha value is -8.59. The van der Waals surface area contributed by atoms with Crippen LogP contribution in [0.15, 0.2) is 243 Å². The molecule has 2 nitrogen and oxygen atoms in total. The van der Waals surface area contributed by atoms with Crippen LogP contribution in [0.25, 0.3) is 116 Å². The molecule has 0 fully saturated rings. The van der Waals surface area contributed by atoms with Gasteiger partial charge in [0.05, 0.1) is 11.0 Å². The molecule has 1 heterocycles. The van der Waals surface area contributed by atoms with E-state index in [0.29, 0.717) is 0 Å². The summed E-state index contributed by atoms with van der Waals surface area (Å²) in [5, 5.41) is 4.93. The molecular weight excluding hydrogens is 821 g/mol. The van der Waals surface area contributed by atoms with Crippen molar-refractivity contribution in [3.8, 4) is 83.8 Å². The van der Waals surface area contributed by atoms with E-state index in [0.717, 1.165) is 39.2 Å². The lowest BCUT2D eigenvalue weighted by Crippen LogP contribution is -2.14. The second-order valence-corrected chi connectivity index (χ2v) is 18.6. The van der Waals surface area contributed by atoms with Gasteiger partial charge < -0.3 is 0 Å². The SMILES string of the molecule is CC1(C)c2ccccc2-c2cc3c(-c4ccccc4-c4ccccc4)c4ccc(-c5cccc(-c6nc7ccccc7n6-c6ccccc6)c5)cc4c(-c4ccccc4-c4ccccc4)c3cc21. The molecule has 0 atom stereocenters. The van der Waals surface area contributed by atoms with Crippen molar-refractivity contribution < 1.29 is 0 Å². The Morgan fingerprint density at radius 2 is 0.824 bits per heavy atom. The summed E-state index contributed by atoms with van der Waals surface area (Å²) >= 11 is 0. The number of imidazole rings is 1. The quantitative estimate of drug-likeness (QED) is 0.146. The predicted octanol–water partition coefficient (Wildman–Crippen LogP) is 17.6. The van der Waals surface area contributed by atoms with Crippen LogP contribution >= 0.6 is 0 Å². The van der Waals surface area contributed by atoms with Gasteiger partial charge in [-0.2, -0.15) is 0 Å². The van der Waals surface area contributed by atoms with Crippen LogP contribution in [0.2, 0.25) is 0 Å². The minimum Gasteiger partial charge on any atom is -0.292 e. The molecule has 0 saturated heterocycles. The van der Waals surface area contributed by atoms with Crippen molar-refractivity contribution in [1.29, 1.82) is 0 Å². The van der Waals surface area contributed by atoms with Gasteiger partial charge in [0.1, 0.15) is 5.82 Å². The number of nitrogens with zero attached hydrogens (tertiary/aromatic N) is 2. The minimum absolute atomic E-state index is 0.189. The molecule has 0 saturated carbocycles. The van der Waals surface area contributed by atoms with Crippen LogP contribution < -0.4 is 0 Å². The van der Waals surface area contributed by atoms with Crippen molar-refractivity contribution in [3.05, 3.63) is 254 Å². The maximum absolute atomic E-state index is 5.27.